The zero-order valence-corrected chi connectivity index (χ0v) is 9.76. The summed E-state index contributed by atoms with van der Waals surface area (Å²) >= 11 is 0. The van der Waals surface area contributed by atoms with E-state index in [-0.39, 0.29) is 5.56 Å². The van der Waals surface area contributed by atoms with Crippen LogP contribution in [-0.4, -0.2) is 15.9 Å². The summed E-state index contributed by atoms with van der Waals surface area (Å²) in [6.07, 6.45) is 1.55. The van der Waals surface area contributed by atoms with Crippen LogP contribution in [0.2, 0.25) is 0 Å². The Labute approximate surface area is 107 Å². The molecule has 0 unspecified atom stereocenters. The monoisotopic (exact) mass is 256 g/mol. The molecule has 0 bridgehead atoms. The third kappa shape index (κ3) is 2.18. The van der Waals surface area contributed by atoms with Gasteiger partial charge in [0.05, 0.1) is 22.9 Å². The van der Waals surface area contributed by atoms with E-state index in [0.29, 0.717) is 11.3 Å². The van der Waals surface area contributed by atoms with E-state index < -0.39 is 11.8 Å². The molecule has 5 heteroatoms. The number of esters is 1. The number of nitrogens with zero attached hydrogens (tertiary/aromatic N) is 1. The molecule has 3 aromatic rings. The molecular weight excluding hydrogens is 247 g/mol. The summed E-state index contributed by atoms with van der Waals surface area (Å²) in [4.78, 5) is 18.8. The summed E-state index contributed by atoms with van der Waals surface area (Å²) in [5.74, 6) is -1.01. The van der Waals surface area contributed by atoms with E-state index in [1.54, 1.807) is 30.6 Å². The normalized spacial score (nSPS) is 10.6. The van der Waals surface area contributed by atoms with E-state index in [2.05, 4.69) is 9.97 Å². The van der Waals surface area contributed by atoms with Crippen LogP contribution < -0.4 is 4.74 Å². The molecule has 0 radical (unpaired) electrons. The maximum absolute atomic E-state index is 13.4. The van der Waals surface area contributed by atoms with Crippen molar-refractivity contribution in [3.63, 3.8) is 0 Å². The predicted molar refractivity (Wildman–Crippen MR) is 67.5 cm³/mol. The third-order valence-corrected chi connectivity index (χ3v) is 2.70. The molecule has 1 aromatic heterocycles. The summed E-state index contributed by atoms with van der Waals surface area (Å²) in [7, 11) is 0. The molecule has 0 spiro atoms. The first-order chi connectivity index (χ1) is 9.24. The summed E-state index contributed by atoms with van der Waals surface area (Å²) in [5.41, 5.74) is 1.43. The largest absolute Gasteiger partial charge is 0.423 e. The molecule has 0 amide bonds. The van der Waals surface area contributed by atoms with Crippen molar-refractivity contribution >= 4 is 17.0 Å². The minimum absolute atomic E-state index is 0.0929. The second-order valence-electron chi connectivity index (χ2n) is 3.95. The Bertz CT molecular complexity index is 752. The summed E-state index contributed by atoms with van der Waals surface area (Å²) < 4.78 is 18.6. The number of carbonyl (C=O) groups excluding carboxylic acids is 1. The van der Waals surface area contributed by atoms with E-state index in [0.717, 1.165) is 5.52 Å². The molecule has 1 heterocycles. The van der Waals surface area contributed by atoms with Gasteiger partial charge in [-0.2, -0.15) is 0 Å². The van der Waals surface area contributed by atoms with Crippen molar-refractivity contribution in [2.24, 2.45) is 0 Å². The van der Waals surface area contributed by atoms with Crippen LogP contribution in [0.3, 0.4) is 0 Å². The van der Waals surface area contributed by atoms with Gasteiger partial charge < -0.3 is 9.72 Å². The number of nitrogens with one attached hydrogen (secondary N) is 1. The minimum Gasteiger partial charge on any atom is -0.423 e. The Morgan fingerprint density at radius 1 is 1.21 bits per heavy atom. The number of hydrogen-bond acceptors (Lipinski definition) is 3. The van der Waals surface area contributed by atoms with Crippen molar-refractivity contribution in [1.29, 1.82) is 0 Å². The van der Waals surface area contributed by atoms with Crippen LogP contribution in [0.5, 0.6) is 5.75 Å². The highest BCUT2D eigenvalue weighted by atomic mass is 19.1. The van der Waals surface area contributed by atoms with Gasteiger partial charge in [-0.3, -0.25) is 0 Å². The average molecular weight is 256 g/mol. The zero-order chi connectivity index (χ0) is 13.2. The number of benzene rings is 2. The molecular formula is C14H9FN2O2. The van der Waals surface area contributed by atoms with Crippen molar-refractivity contribution in [3.05, 3.63) is 60.2 Å². The van der Waals surface area contributed by atoms with Crippen LogP contribution in [0, 0.1) is 5.82 Å². The lowest BCUT2D eigenvalue weighted by Crippen LogP contribution is -2.10. The molecule has 0 saturated heterocycles. The Balaban J connectivity index is 1.88. The molecule has 4 nitrogen and oxygen atoms in total. The molecule has 2 aromatic carbocycles. The molecule has 0 aliphatic carbocycles. The van der Waals surface area contributed by atoms with E-state index in [1.807, 2.05) is 0 Å². The van der Waals surface area contributed by atoms with Crippen LogP contribution in [0.4, 0.5) is 4.39 Å². The van der Waals surface area contributed by atoms with E-state index in [1.165, 1.54) is 18.2 Å². The summed E-state index contributed by atoms with van der Waals surface area (Å²) in [6.45, 7) is 0. The summed E-state index contributed by atoms with van der Waals surface area (Å²) in [5, 5.41) is 0. The van der Waals surface area contributed by atoms with Crippen molar-refractivity contribution in [3.8, 4) is 5.75 Å². The average Bonchev–Trinajstić information content (AvgIpc) is 2.86. The molecule has 0 atom stereocenters. The van der Waals surface area contributed by atoms with Crippen LogP contribution in [0.1, 0.15) is 10.4 Å². The Morgan fingerprint density at radius 3 is 2.89 bits per heavy atom. The fraction of sp³-hybridized carbons (Fsp3) is 0. The molecule has 94 valence electrons. The number of imidazole rings is 1. The van der Waals surface area contributed by atoms with Crippen molar-refractivity contribution in [2.75, 3.05) is 0 Å². The maximum Gasteiger partial charge on any atom is 0.346 e. The lowest BCUT2D eigenvalue weighted by Gasteiger charge is -2.04. The molecule has 1 N–H and O–H groups in total. The van der Waals surface area contributed by atoms with Gasteiger partial charge >= 0.3 is 5.97 Å². The maximum atomic E-state index is 13.4. The van der Waals surface area contributed by atoms with E-state index in [9.17, 15) is 9.18 Å². The van der Waals surface area contributed by atoms with Crippen LogP contribution in [-0.2, 0) is 0 Å². The first-order valence-electron chi connectivity index (χ1n) is 5.64. The van der Waals surface area contributed by atoms with Gasteiger partial charge in [-0.1, -0.05) is 12.1 Å². The van der Waals surface area contributed by atoms with E-state index >= 15 is 0 Å². The molecule has 3 rings (SSSR count). The van der Waals surface area contributed by atoms with Crippen molar-refractivity contribution < 1.29 is 13.9 Å². The fourth-order valence-electron chi connectivity index (χ4n) is 1.76. The highest BCUT2D eigenvalue weighted by molar-refractivity contribution is 5.91. The number of aromatic nitrogens is 2. The highest BCUT2D eigenvalue weighted by Crippen LogP contribution is 2.19. The number of fused-ring (bicyclic) bond motifs is 1. The lowest BCUT2D eigenvalue weighted by molar-refractivity contribution is 0.0730. The smallest absolute Gasteiger partial charge is 0.346 e. The quantitative estimate of drug-likeness (QED) is 0.566. The topological polar surface area (TPSA) is 55.0 Å². The van der Waals surface area contributed by atoms with Gasteiger partial charge in [-0.05, 0) is 24.3 Å². The molecule has 0 fully saturated rings. The Hall–Kier alpha value is -2.69. The van der Waals surface area contributed by atoms with Gasteiger partial charge in [0.1, 0.15) is 11.6 Å². The number of rotatable bonds is 2. The van der Waals surface area contributed by atoms with Gasteiger partial charge in [-0.25, -0.2) is 14.2 Å². The Morgan fingerprint density at radius 2 is 2.05 bits per heavy atom. The fourth-order valence-corrected chi connectivity index (χ4v) is 1.76. The van der Waals surface area contributed by atoms with Gasteiger partial charge in [0, 0.05) is 6.07 Å². The minimum atomic E-state index is -0.729. The van der Waals surface area contributed by atoms with Crippen LogP contribution in [0.15, 0.2) is 48.8 Å². The SMILES string of the molecule is O=C(Oc1ccc2[nH]cnc2c1)c1ccccc1F. The molecule has 0 aliphatic rings. The van der Waals surface area contributed by atoms with Crippen molar-refractivity contribution in [2.45, 2.75) is 0 Å². The highest BCUT2D eigenvalue weighted by Gasteiger charge is 2.13. The number of halogens is 1. The third-order valence-electron chi connectivity index (χ3n) is 2.70. The first-order valence-corrected chi connectivity index (χ1v) is 5.64. The zero-order valence-electron chi connectivity index (χ0n) is 9.76. The van der Waals surface area contributed by atoms with Gasteiger partial charge in [0.25, 0.3) is 0 Å². The Kier molecular flexibility index (Phi) is 2.72. The van der Waals surface area contributed by atoms with Gasteiger partial charge in [-0.15, -0.1) is 0 Å². The molecule has 0 aliphatic heterocycles. The predicted octanol–water partition coefficient (Wildman–Crippen LogP) is 2.92. The number of H-pyrrole nitrogens is 1. The molecule has 0 saturated carbocycles. The number of hydrogen-bond donors (Lipinski definition) is 1. The second kappa shape index (κ2) is 4.53. The van der Waals surface area contributed by atoms with Crippen LogP contribution >= 0.6 is 0 Å². The number of ether oxygens (including phenoxy) is 1. The van der Waals surface area contributed by atoms with Crippen LogP contribution in [0.25, 0.3) is 11.0 Å². The van der Waals surface area contributed by atoms with Crippen molar-refractivity contribution in [1.82, 2.24) is 9.97 Å². The van der Waals surface area contributed by atoms with Gasteiger partial charge in [0.2, 0.25) is 0 Å². The summed E-state index contributed by atoms with van der Waals surface area (Å²) in [6, 6.07) is 10.7. The number of aromatic amines is 1. The lowest BCUT2D eigenvalue weighted by atomic mass is 10.2. The number of carbonyl (C=O) groups is 1. The second-order valence-corrected chi connectivity index (χ2v) is 3.95. The molecule has 19 heavy (non-hydrogen) atoms. The first kappa shape index (κ1) is 11.4. The van der Waals surface area contributed by atoms with Gasteiger partial charge in [0.15, 0.2) is 0 Å². The standard InChI is InChI=1S/C14H9FN2O2/c15-11-4-2-1-3-10(11)14(18)19-9-5-6-12-13(7-9)17-8-16-12/h1-8H,(H,16,17). The van der Waals surface area contributed by atoms with E-state index in [4.69, 9.17) is 4.74 Å².